The summed E-state index contributed by atoms with van der Waals surface area (Å²) in [7, 11) is 1.90. The molecule has 23 heavy (non-hydrogen) atoms. The molecule has 6 heteroatoms. The first-order chi connectivity index (χ1) is 11.0. The molecule has 0 aliphatic carbocycles. The Kier molecular flexibility index (Phi) is 4.35. The Bertz CT molecular complexity index is 582. The molecule has 1 spiro atoms. The Morgan fingerprint density at radius 3 is 2.74 bits per heavy atom. The maximum Gasteiger partial charge on any atom is 0.231 e. The van der Waals surface area contributed by atoms with Gasteiger partial charge in [0.1, 0.15) is 0 Å². The zero-order chi connectivity index (χ0) is 16.4. The number of carbonyl (C=O) groups is 2. The van der Waals surface area contributed by atoms with E-state index in [1.54, 1.807) is 6.20 Å². The first-order valence-corrected chi connectivity index (χ1v) is 8.18. The minimum Gasteiger partial charge on any atom is -0.369 e. The van der Waals surface area contributed by atoms with E-state index in [1.165, 1.54) is 0 Å². The van der Waals surface area contributed by atoms with Crippen molar-refractivity contribution in [1.82, 2.24) is 14.8 Å². The molecule has 0 radical (unpaired) electrons. The third kappa shape index (κ3) is 3.22. The number of likely N-dealkylation sites (tertiary alicyclic amines) is 2. The van der Waals surface area contributed by atoms with Gasteiger partial charge in [-0.2, -0.15) is 0 Å². The maximum atomic E-state index is 12.8. The predicted molar refractivity (Wildman–Crippen MR) is 86.4 cm³/mol. The quantitative estimate of drug-likeness (QED) is 0.873. The van der Waals surface area contributed by atoms with Crippen molar-refractivity contribution in [3.63, 3.8) is 0 Å². The van der Waals surface area contributed by atoms with E-state index in [2.05, 4.69) is 4.98 Å². The molecule has 1 aromatic heterocycles. The van der Waals surface area contributed by atoms with E-state index in [0.29, 0.717) is 0 Å². The van der Waals surface area contributed by atoms with Crippen LogP contribution in [0.5, 0.6) is 0 Å². The summed E-state index contributed by atoms with van der Waals surface area (Å²) in [6.07, 6.45) is 5.09. The van der Waals surface area contributed by atoms with Crippen LogP contribution in [0.3, 0.4) is 0 Å². The van der Waals surface area contributed by atoms with Gasteiger partial charge in [-0.1, -0.05) is 6.07 Å². The third-order valence-electron chi connectivity index (χ3n) is 5.31. The van der Waals surface area contributed by atoms with Crippen molar-refractivity contribution in [2.45, 2.75) is 31.7 Å². The van der Waals surface area contributed by atoms with Crippen LogP contribution in [0.15, 0.2) is 24.4 Å². The molecule has 2 aliphatic heterocycles. The predicted octanol–water partition coefficient (Wildman–Crippen LogP) is 0.422. The lowest BCUT2D eigenvalue weighted by atomic mass is 9.75. The lowest BCUT2D eigenvalue weighted by Gasteiger charge is -2.37. The Morgan fingerprint density at radius 1 is 1.39 bits per heavy atom. The Labute approximate surface area is 136 Å². The highest BCUT2D eigenvalue weighted by Gasteiger charge is 2.51. The minimum absolute atomic E-state index is 0.208. The fraction of sp³-hybridized carbons (Fsp3) is 0.588. The topological polar surface area (TPSA) is 79.5 Å². The van der Waals surface area contributed by atoms with Crippen molar-refractivity contribution >= 4 is 11.8 Å². The summed E-state index contributed by atoms with van der Waals surface area (Å²) in [4.78, 5) is 32.2. The van der Waals surface area contributed by atoms with Crippen molar-refractivity contribution < 1.29 is 9.59 Å². The summed E-state index contributed by atoms with van der Waals surface area (Å²) in [6.45, 7) is 1.81. The summed E-state index contributed by atoms with van der Waals surface area (Å²) in [5.41, 5.74) is 6.03. The molecule has 2 aliphatic rings. The maximum absolute atomic E-state index is 12.8. The van der Waals surface area contributed by atoms with Crippen LogP contribution >= 0.6 is 0 Å². The average molecular weight is 316 g/mol. The van der Waals surface area contributed by atoms with E-state index in [9.17, 15) is 9.59 Å². The zero-order valence-corrected chi connectivity index (χ0v) is 13.6. The molecule has 3 rings (SSSR count). The van der Waals surface area contributed by atoms with Gasteiger partial charge in [0.2, 0.25) is 11.8 Å². The van der Waals surface area contributed by atoms with Crippen LogP contribution in [0.1, 0.15) is 25.0 Å². The standard InChI is InChI=1S/C17H24N4O2/c1-20-14(10-13-4-2-3-7-19-13)11-17(16(20)23)5-8-21(9-6-17)12-15(18)22/h2-4,7,14H,5-6,8-12H2,1H3,(H2,18,22)/t14-/m1/s1. The second-order valence-corrected chi connectivity index (χ2v) is 6.82. The second kappa shape index (κ2) is 6.28. The van der Waals surface area contributed by atoms with Crippen LogP contribution in [0.2, 0.25) is 0 Å². The minimum atomic E-state index is -0.302. The van der Waals surface area contributed by atoms with Gasteiger partial charge in [0.05, 0.1) is 12.0 Å². The average Bonchev–Trinajstić information content (AvgIpc) is 2.76. The molecular formula is C17H24N4O2. The summed E-state index contributed by atoms with van der Waals surface area (Å²) in [5.74, 6) is -0.0546. The fourth-order valence-electron chi connectivity index (χ4n) is 3.96. The molecule has 2 saturated heterocycles. The van der Waals surface area contributed by atoms with Crippen LogP contribution in [0, 0.1) is 5.41 Å². The second-order valence-electron chi connectivity index (χ2n) is 6.82. The van der Waals surface area contributed by atoms with Gasteiger partial charge in [0, 0.05) is 31.4 Å². The molecule has 0 unspecified atom stereocenters. The third-order valence-corrected chi connectivity index (χ3v) is 5.31. The number of primary amides is 1. The number of hydrogen-bond donors (Lipinski definition) is 1. The smallest absolute Gasteiger partial charge is 0.231 e. The van der Waals surface area contributed by atoms with Crippen molar-refractivity contribution in [1.29, 1.82) is 0 Å². The lowest BCUT2D eigenvalue weighted by Crippen LogP contribution is -2.46. The summed E-state index contributed by atoms with van der Waals surface area (Å²) < 4.78 is 0. The highest BCUT2D eigenvalue weighted by Crippen LogP contribution is 2.44. The van der Waals surface area contributed by atoms with Gasteiger partial charge in [0.25, 0.3) is 0 Å². The van der Waals surface area contributed by atoms with E-state index in [4.69, 9.17) is 5.73 Å². The monoisotopic (exact) mass is 316 g/mol. The molecule has 124 valence electrons. The van der Waals surface area contributed by atoms with Crippen molar-refractivity contribution in [3.8, 4) is 0 Å². The lowest BCUT2D eigenvalue weighted by molar-refractivity contribution is -0.138. The van der Waals surface area contributed by atoms with E-state index in [0.717, 1.165) is 44.5 Å². The number of aromatic nitrogens is 1. The number of rotatable bonds is 4. The highest BCUT2D eigenvalue weighted by molar-refractivity contribution is 5.85. The number of hydrogen-bond acceptors (Lipinski definition) is 4. The first kappa shape index (κ1) is 15.9. The molecule has 1 atom stereocenters. The van der Waals surface area contributed by atoms with Gasteiger partial charge in [-0.05, 0) is 44.5 Å². The first-order valence-electron chi connectivity index (χ1n) is 8.18. The number of likely N-dealkylation sites (N-methyl/N-ethyl adjacent to an activating group) is 1. The van der Waals surface area contributed by atoms with Crippen molar-refractivity contribution in [2.75, 3.05) is 26.7 Å². The number of carbonyl (C=O) groups excluding carboxylic acids is 2. The molecule has 2 fully saturated rings. The zero-order valence-electron chi connectivity index (χ0n) is 13.6. The molecule has 3 heterocycles. The normalized spacial score (nSPS) is 24.3. The largest absolute Gasteiger partial charge is 0.369 e. The van der Waals surface area contributed by atoms with Gasteiger partial charge in [-0.25, -0.2) is 0 Å². The van der Waals surface area contributed by atoms with E-state index in [-0.39, 0.29) is 29.8 Å². The van der Waals surface area contributed by atoms with Crippen LogP contribution in [0.4, 0.5) is 0 Å². The summed E-state index contributed by atoms with van der Waals surface area (Å²) in [6, 6.07) is 6.11. The number of amides is 2. The van der Waals surface area contributed by atoms with Crippen LogP contribution in [-0.4, -0.2) is 59.3 Å². The van der Waals surface area contributed by atoms with Gasteiger partial charge in [0.15, 0.2) is 0 Å². The van der Waals surface area contributed by atoms with Crippen molar-refractivity contribution in [2.24, 2.45) is 11.1 Å². The van der Waals surface area contributed by atoms with E-state index < -0.39 is 0 Å². The van der Waals surface area contributed by atoms with Gasteiger partial charge in [-0.3, -0.25) is 19.5 Å². The van der Waals surface area contributed by atoms with Crippen LogP contribution in [0.25, 0.3) is 0 Å². The Balaban J connectivity index is 1.66. The molecule has 0 bridgehead atoms. The Morgan fingerprint density at radius 2 is 2.13 bits per heavy atom. The number of nitrogens with two attached hydrogens (primary N) is 1. The van der Waals surface area contributed by atoms with Crippen LogP contribution < -0.4 is 5.73 Å². The molecule has 0 aromatic carbocycles. The van der Waals surface area contributed by atoms with Crippen LogP contribution in [-0.2, 0) is 16.0 Å². The molecular weight excluding hydrogens is 292 g/mol. The number of piperidine rings is 1. The fourth-order valence-corrected chi connectivity index (χ4v) is 3.96. The molecule has 2 N–H and O–H groups in total. The molecule has 2 amide bonds. The molecule has 0 saturated carbocycles. The highest BCUT2D eigenvalue weighted by atomic mass is 16.2. The Hall–Kier alpha value is -1.95. The summed E-state index contributed by atoms with van der Waals surface area (Å²) in [5, 5.41) is 0. The molecule has 1 aromatic rings. The van der Waals surface area contributed by atoms with Gasteiger partial charge < -0.3 is 10.6 Å². The summed E-state index contributed by atoms with van der Waals surface area (Å²) >= 11 is 0. The number of pyridine rings is 1. The van der Waals surface area contributed by atoms with Gasteiger partial charge >= 0.3 is 0 Å². The van der Waals surface area contributed by atoms with Gasteiger partial charge in [-0.15, -0.1) is 0 Å². The van der Waals surface area contributed by atoms with E-state index >= 15 is 0 Å². The van der Waals surface area contributed by atoms with E-state index in [1.807, 2.05) is 35.0 Å². The van der Waals surface area contributed by atoms with Crippen molar-refractivity contribution in [3.05, 3.63) is 30.1 Å². The SMILES string of the molecule is CN1C(=O)C2(CCN(CC(N)=O)CC2)C[C@H]1Cc1ccccn1. The molecule has 6 nitrogen and oxygen atoms in total. The number of nitrogens with zero attached hydrogens (tertiary/aromatic N) is 3.